The van der Waals surface area contributed by atoms with Gasteiger partial charge in [-0.05, 0) is 30.7 Å². The van der Waals surface area contributed by atoms with E-state index in [4.69, 9.17) is 14.2 Å². The molecule has 0 atom stereocenters. The highest BCUT2D eigenvalue weighted by Crippen LogP contribution is 2.34. The monoisotopic (exact) mass is 365 g/mol. The number of benzene rings is 1. The van der Waals surface area contributed by atoms with Gasteiger partial charge < -0.3 is 19.5 Å². The molecule has 3 rings (SSSR count). The van der Waals surface area contributed by atoms with Crippen LogP contribution in [-0.2, 0) is 14.8 Å². The Labute approximate surface area is 146 Å². The van der Waals surface area contributed by atoms with E-state index in [1.807, 2.05) is 0 Å². The van der Waals surface area contributed by atoms with Crippen LogP contribution in [0.15, 0.2) is 41.4 Å². The second-order valence-corrected chi connectivity index (χ2v) is 7.01. The minimum atomic E-state index is -3.76. The number of hydrogen-bond acceptors (Lipinski definition) is 7. The van der Waals surface area contributed by atoms with Crippen molar-refractivity contribution in [2.24, 2.45) is 0 Å². The summed E-state index contributed by atoms with van der Waals surface area (Å²) in [5.41, 5.74) is 0.808. The molecule has 1 aliphatic rings. The fraction of sp³-hybridized carbons (Fsp3) is 0.312. The number of fused-ring (bicyclic) bond motifs is 1. The first-order valence-corrected chi connectivity index (χ1v) is 9.18. The molecule has 134 valence electrons. The van der Waals surface area contributed by atoms with Gasteiger partial charge in [0.05, 0.1) is 16.8 Å². The van der Waals surface area contributed by atoms with Crippen LogP contribution < -0.4 is 19.5 Å². The normalized spacial score (nSPS) is 12.8. The number of hydrogen-bond donors (Lipinski definition) is 2. The Morgan fingerprint density at radius 3 is 2.80 bits per heavy atom. The maximum atomic E-state index is 12.5. The Morgan fingerprint density at radius 1 is 1.20 bits per heavy atom. The maximum absolute atomic E-state index is 12.5. The van der Waals surface area contributed by atoms with E-state index in [0.29, 0.717) is 18.1 Å². The zero-order valence-corrected chi connectivity index (χ0v) is 14.5. The average Bonchev–Trinajstić information content (AvgIpc) is 3.07. The molecule has 0 unspecified atom stereocenters. The molecule has 2 heterocycles. The molecule has 0 aliphatic carbocycles. The highest BCUT2D eigenvalue weighted by molar-refractivity contribution is 7.92. The summed E-state index contributed by atoms with van der Waals surface area (Å²) in [6.45, 7) is 1.51. The molecule has 9 heteroatoms. The summed E-state index contributed by atoms with van der Waals surface area (Å²) in [6.07, 6.45) is 2.44. The number of sulfonamides is 1. The van der Waals surface area contributed by atoms with E-state index in [1.165, 1.54) is 12.1 Å². The van der Waals surface area contributed by atoms with Crippen molar-refractivity contribution in [2.45, 2.75) is 11.3 Å². The minimum Gasteiger partial charge on any atom is -0.454 e. The third-order valence-corrected chi connectivity index (χ3v) is 4.86. The summed E-state index contributed by atoms with van der Waals surface area (Å²) in [6, 6.07) is 7.82. The van der Waals surface area contributed by atoms with Gasteiger partial charge in [0.2, 0.25) is 6.79 Å². The first kappa shape index (κ1) is 17.3. The second kappa shape index (κ2) is 7.58. The lowest BCUT2D eigenvalue weighted by atomic mass is 10.3. The van der Waals surface area contributed by atoms with E-state index in [9.17, 15) is 8.42 Å². The van der Waals surface area contributed by atoms with Crippen molar-refractivity contribution in [3.63, 3.8) is 0 Å². The van der Waals surface area contributed by atoms with E-state index in [1.54, 1.807) is 31.5 Å². The van der Waals surface area contributed by atoms with E-state index >= 15 is 0 Å². The van der Waals surface area contributed by atoms with Crippen LogP contribution in [-0.4, -0.2) is 40.5 Å². The summed E-state index contributed by atoms with van der Waals surface area (Å²) in [5, 5.41) is 3.18. The van der Waals surface area contributed by atoms with Crippen molar-refractivity contribution in [1.29, 1.82) is 0 Å². The quantitative estimate of drug-likeness (QED) is 0.691. The molecule has 1 aromatic heterocycles. The standard InChI is InChI=1S/C16H19N3O5S/c1-22-8-2-7-17-12-3-6-16(18-10-12)19-25(20,21)13-4-5-14-15(9-13)24-11-23-14/h3-6,9-10,17H,2,7-8,11H2,1H3,(H,18,19). The van der Waals surface area contributed by atoms with Gasteiger partial charge in [0.15, 0.2) is 11.5 Å². The fourth-order valence-electron chi connectivity index (χ4n) is 2.25. The number of aromatic nitrogens is 1. The highest BCUT2D eigenvalue weighted by Gasteiger charge is 2.20. The van der Waals surface area contributed by atoms with Crippen LogP contribution in [0.5, 0.6) is 11.5 Å². The van der Waals surface area contributed by atoms with Crippen LogP contribution in [0.25, 0.3) is 0 Å². The first-order valence-electron chi connectivity index (χ1n) is 7.70. The van der Waals surface area contributed by atoms with Crippen molar-refractivity contribution in [3.8, 4) is 11.5 Å². The predicted molar refractivity (Wildman–Crippen MR) is 92.6 cm³/mol. The summed E-state index contributed by atoms with van der Waals surface area (Å²) < 4.78 is 42.7. The van der Waals surface area contributed by atoms with Gasteiger partial charge in [0, 0.05) is 26.3 Å². The van der Waals surface area contributed by atoms with Crippen LogP contribution >= 0.6 is 0 Å². The molecule has 2 N–H and O–H groups in total. The van der Waals surface area contributed by atoms with Crippen LogP contribution in [0, 0.1) is 0 Å². The van der Waals surface area contributed by atoms with Gasteiger partial charge in [0.1, 0.15) is 5.82 Å². The Morgan fingerprint density at radius 2 is 2.04 bits per heavy atom. The average molecular weight is 365 g/mol. The number of rotatable bonds is 8. The second-order valence-electron chi connectivity index (χ2n) is 5.33. The molecule has 0 spiro atoms. The lowest BCUT2D eigenvalue weighted by Crippen LogP contribution is -2.14. The fourth-order valence-corrected chi connectivity index (χ4v) is 3.27. The first-order chi connectivity index (χ1) is 12.1. The van der Waals surface area contributed by atoms with Crippen molar-refractivity contribution in [3.05, 3.63) is 36.5 Å². The Bertz CT molecular complexity index is 824. The third-order valence-electron chi connectivity index (χ3n) is 3.51. The topological polar surface area (TPSA) is 98.8 Å². The number of methoxy groups -OCH3 is 1. The molecule has 2 aromatic rings. The number of nitrogens with zero attached hydrogens (tertiary/aromatic N) is 1. The molecule has 0 amide bonds. The molecule has 0 radical (unpaired) electrons. The van der Waals surface area contributed by atoms with Crippen molar-refractivity contribution >= 4 is 21.5 Å². The number of pyridine rings is 1. The minimum absolute atomic E-state index is 0.0836. The molecule has 0 saturated carbocycles. The predicted octanol–water partition coefficient (Wildman–Crippen LogP) is 2.06. The van der Waals surface area contributed by atoms with E-state index < -0.39 is 10.0 Å². The van der Waals surface area contributed by atoms with Crippen molar-refractivity contribution in [1.82, 2.24) is 4.98 Å². The molecule has 1 aliphatic heterocycles. The van der Waals surface area contributed by atoms with E-state index in [2.05, 4.69) is 15.0 Å². The van der Waals surface area contributed by atoms with E-state index in [0.717, 1.165) is 18.7 Å². The molecule has 8 nitrogen and oxygen atoms in total. The van der Waals surface area contributed by atoms with Gasteiger partial charge in [-0.25, -0.2) is 13.4 Å². The third kappa shape index (κ3) is 4.31. The van der Waals surface area contributed by atoms with Crippen LogP contribution in [0.2, 0.25) is 0 Å². The van der Waals surface area contributed by atoms with Crippen molar-refractivity contribution < 1.29 is 22.6 Å². The van der Waals surface area contributed by atoms with Gasteiger partial charge >= 0.3 is 0 Å². The SMILES string of the molecule is COCCCNc1ccc(NS(=O)(=O)c2ccc3c(c2)OCO3)nc1. The zero-order chi connectivity index (χ0) is 17.7. The van der Waals surface area contributed by atoms with Crippen LogP contribution in [0.1, 0.15) is 6.42 Å². The Balaban J connectivity index is 1.64. The molecular weight excluding hydrogens is 346 g/mol. The smallest absolute Gasteiger partial charge is 0.263 e. The number of anilines is 2. The van der Waals surface area contributed by atoms with Gasteiger partial charge in [-0.15, -0.1) is 0 Å². The molecule has 25 heavy (non-hydrogen) atoms. The summed E-state index contributed by atoms with van der Waals surface area (Å²) >= 11 is 0. The summed E-state index contributed by atoms with van der Waals surface area (Å²) in [5.74, 6) is 1.17. The van der Waals surface area contributed by atoms with Gasteiger partial charge in [0.25, 0.3) is 10.0 Å². The largest absolute Gasteiger partial charge is 0.454 e. The molecular formula is C16H19N3O5S. The number of ether oxygens (including phenoxy) is 3. The van der Waals surface area contributed by atoms with Crippen LogP contribution in [0.3, 0.4) is 0 Å². The van der Waals surface area contributed by atoms with Crippen LogP contribution in [0.4, 0.5) is 11.5 Å². The van der Waals surface area contributed by atoms with E-state index in [-0.39, 0.29) is 17.5 Å². The number of nitrogens with one attached hydrogen (secondary N) is 2. The molecule has 1 aromatic carbocycles. The van der Waals surface area contributed by atoms with Gasteiger partial charge in [-0.3, -0.25) is 4.72 Å². The summed E-state index contributed by atoms with van der Waals surface area (Å²) in [7, 11) is -2.10. The Hall–Kier alpha value is -2.52. The Kier molecular flexibility index (Phi) is 5.25. The molecule has 0 bridgehead atoms. The van der Waals surface area contributed by atoms with Gasteiger partial charge in [-0.2, -0.15) is 0 Å². The summed E-state index contributed by atoms with van der Waals surface area (Å²) in [4.78, 5) is 4.20. The zero-order valence-electron chi connectivity index (χ0n) is 13.7. The molecule has 0 saturated heterocycles. The van der Waals surface area contributed by atoms with Gasteiger partial charge in [-0.1, -0.05) is 0 Å². The highest BCUT2D eigenvalue weighted by atomic mass is 32.2. The molecule has 0 fully saturated rings. The maximum Gasteiger partial charge on any atom is 0.263 e. The lowest BCUT2D eigenvalue weighted by molar-refractivity contribution is 0.174. The lowest BCUT2D eigenvalue weighted by Gasteiger charge is -2.09. The van der Waals surface area contributed by atoms with Crippen molar-refractivity contribution in [2.75, 3.05) is 37.1 Å².